The Balaban J connectivity index is 1.73. The minimum absolute atomic E-state index is 0.0996. The molecule has 0 aliphatic heterocycles. The number of alkyl halides is 3. The molecule has 1 aliphatic carbocycles. The lowest BCUT2D eigenvalue weighted by Crippen LogP contribution is -2.08. The van der Waals surface area contributed by atoms with Gasteiger partial charge in [-0.1, -0.05) is 36.4 Å². The lowest BCUT2D eigenvalue weighted by molar-refractivity contribution is -0.139. The first-order chi connectivity index (χ1) is 15.8. The van der Waals surface area contributed by atoms with Crippen LogP contribution in [0.25, 0.3) is 43.8 Å². The number of aromatic nitrogens is 2. The second kappa shape index (κ2) is 7.25. The Kier molecular flexibility index (Phi) is 4.47. The number of halogens is 4. The third-order valence-electron chi connectivity index (χ3n) is 5.41. The van der Waals surface area contributed by atoms with Gasteiger partial charge in [0.2, 0.25) is 0 Å². The van der Waals surface area contributed by atoms with E-state index in [0.717, 1.165) is 12.1 Å². The van der Waals surface area contributed by atoms with Crippen LogP contribution in [0.5, 0.6) is 0 Å². The summed E-state index contributed by atoms with van der Waals surface area (Å²) in [5.74, 6) is -1.34. The fraction of sp³-hybridized carbons (Fsp3) is 0.0400. The van der Waals surface area contributed by atoms with Crippen LogP contribution in [0.3, 0.4) is 0 Å². The summed E-state index contributed by atoms with van der Waals surface area (Å²) in [6, 6.07) is 16.7. The number of nitriles is 1. The minimum atomic E-state index is -4.81. The fourth-order valence-corrected chi connectivity index (χ4v) is 3.93. The maximum Gasteiger partial charge on any atom is 0.419 e. The van der Waals surface area contributed by atoms with E-state index in [1.54, 1.807) is 42.5 Å². The number of hydrogen-bond donors (Lipinski definition) is 0. The molecule has 3 aromatic carbocycles. The average Bonchev–Trinajstić information content (AvgIpc) is 3.11. The SMILES string of the molecule is [C-]#[N+]C(C#N)=C1c2ccccc2-c2nc3cc(-c4ccc(F)c(C(F)(F)F)c4)ccc3nc21. The summed E-state index contributed by atoms with van der Waals surface area (Å²) < 4.78 is 53.1. The van der Waals surface area contributed by atoms with E-state index in [0.29, 0.717) is 44.7 Å². The van der Waals surface area contributed by atoms with Gasteiger partial charge in [0.1, 0.15) is 5.82 Å². The maximum atomic E-state index is 13.7. The number of nitrogens with zero attached hydrogens (tertiary/aromatic N) is 4. The van der Waals surface area contributed by atoms with Crippen molar-refractivity contribution in [1.82, 2.24) is 9.97 Å². The van der Waals surface area contributed by atoms with Gasteiger partial charge in [0, 0.05) is 11.1 Å². The number of benzene rings is 3. The zero-order valence-corrected chi connectivity index (χ0v) is 16.6. The molecule has 4 aromatic rings. The summed E-state index contributed by atoms with van der Waals surface area (Å²) in [7, 11) is 0. The normalized spacial score (nSPS) is 13.8. The molecule has 8 heteroatoms. The van der Waals surface area contributed by atoms with Crippen LogP contribution in [0.1, 0.15) is 16.8 Å². The first-order valence-electron chi connectivity index (χ1n) is 9.62. The van der Waals surface area contributed by atoms with Gasteiger partial charge in [-0.3, -0.25) is 0 Å². The van der Waals surface area contributed by atoms with Crippen molar-refractivity contribution in [3.8, 4) is 28.5 Å². The molecule has 1 aliphatic rings. The van der Waals surface area contributed by atoms with Crippen LogP contribution in [0.15, 0.2) is 66.4 Å². The monoisotopic (exact) mass is 442 g/mol. The topological polar surface area (TPSA) is 53.9 Å². The van der Waals surface area contributed by atoms with Gasteiger partial charge in [0.15, 0.2) is 0 Å². The average molecular weight is 442 g/mol. The van der Waals surface area contributed by atoms with Gasteiger partial charge in [-0.2, -0.15) is 13.2 Å². The van der Waals surface area contributed by atoms with E-state index in [2.05, 4.69) is 14.8 Å². The molecule has 4 nitrogen and oxygen atoms in total. The molecule has 0 radical (unpaired) electrons. The predicted molar refractivity (Wildman–Crippen MR) is 114 cm³/mol. The van der Waals surface area contributed by atoms with E-state index in [-0.39, 0.29) is 11.3 Å². The second-order valence-electron chi connectivity index (χ2n) is 7.31. The zero-order valence-electron chi connectivity index (χ0n) is 16.6. The van der Waals surface area contributed by atoms with Crippen molar-refractivity contribution < 1.29 is 17.6 Å². The van der Waals surface area contributed by atoms with Gasteiger partial charge in [-0.15, -0.1) is 0 Å². The molecule has 5 rings (SSSR count). The van der Waals surface area contributed by atoms with Gasteiger partial charge in [-0.25, -0.2) is 24.5 Å². The molecule has 33 heavy (non-hydrogen) atoms. The highest BCUT2D eigenvalue weighted by molar-refractivity contribution is 6.02. The molecule has 1 aromatic heterocycles. The van der Waals surface area contributed by atoms with Crippen LogP contribution in [0.2, 0.25) is 0 Å². The highest BCUT2D eigenvalue weighted by atomic mass is 19.4. The third-order valence-corrected chi connectivity index (χ3v) is 5.41. The summed E-state index contributed by atoms with van der Waals surface area (Å²) in [6.45, 7) is 7.36. The molecule has 0 saturated carbocycles. The minimum Gasteiger partial charge on any atom is -0.245 e. The van der Waals surface area contributed by atoms with Crippen LogP contribution in [0, 0.1) is 23.7 Å². The van der Waals surface area contributed by atoms with E-state index in [1.807, 2.05) is 6.07 Å². The number of rotatable bonds is 1. The third kappa shape index (κ3) is 3.20. The van der Waals surface area contributed by atoms with Crippen LogP contribution < -0.4 is 0 Å². The Morgan fingerprint density at radius 3 is 2.24 bits per heavy atom. The van der Waals surface area contributed by atoms with Gasteiger partial charge in [-0.05, 0) is 41.0 Å². The van der Waals surface area contributed by atoms with Crippen molar-refractivity contribution >= 4 is 16.6 Å². The summed E-state index contributed by atoms with van der Waals surface area (Å²) in [5, 5.41) is 9.44. The summed E-state index contributed by atoms with van der Waals surface area (Å²) in [6.07, 6.45) is -4.81. The molecule has 0 unspecified atom stereocenters. The van der Waals surface area contributed by atoms with E-state index < -0.39 is 17.6 Å². The molecule has 0 fully saturated rings. The molecule has 0 spiro atoms. The predicted octanol–water partition coefficient (Wildman–Crippen LogP) is 6.64. The van der Waals surface area contributed by atoms with Crippen molar-refractivity contribution in [2.45, 2.75) is 6.18 Å². The van der Waals surface area contributed by atoms with Gasteiger partial charge < -0.3 is 0 Å². The van der Waals surface area contributed by atoms with Crippen molar-refractivity contribution in [2.24, 2.45) is 0 Å². The molecule has 0 amide bonds. The molecule has 158 valence electrons. The fourth-order valence-electron chi connectivity index (χ4n) is 3.93. The Morgan fingerprint density at radius 1 is 0.879 bits per heavy atom. The lowest BCUT2D eigenvalue weighted by Gasteiger charge is -2.11. The molecular weight excluding hydrogens is 432 g/mol. The molecule has 0 saturated heterocycles. The van der Waals surface area contributed by atoms with Gasteiger partial charge in [0.05, 0.1) is 40.6 Å². The number of hydrogen-bond acceptors (Lipinski definition) is 3. The molecular formula is C25H10F4N4. The highest BCUT2D eigenvalue weighted by Gasteiger charge is 2.34. The maximum absolute atomic E-state index is 13.7. The largest absolute Gasteiger partial charge is 0.419 e. The van der Waals surface area contributed by atoms with Crippen molar-refractivity contribution in [2.75, 3.05) is 0 Å². The Hall–Kier alpha value is -4.56. The Morgan fingerprint density at radius 2 is 1.55 bits per heavy atom. The quantitative estimate of drug-likeness (QED) is 0.166. The summed E-state index contributed by atoms with van der Waals surface area (Å²) in [5.41, 5.74) is 2.71. The standard InChI is InChI=1S/C25H10F4N4/c1-31-21(12-30)22-15-4-2-3-5-16(15)23-24(22)32-19-9-7-14(11-20(19)33-23)13-6-8-18(26)17(10-13)25(27,28)29/h2-11H. The first kappa shape index (κ1) is 20.3. The van der Waals surface area contributed by atoms with Crippen molar-refractivity contribution in [3.05, 3.63) is 100 Å². The van der Waals surface area contributed by atoms with Crippen LogP contribution in [0.4, 0.5) is 17.6 Å². The van der Waals surface area contributed by atoms with Gasteiger partial charge in [0.25, 0.3) is 5.70 Å². The summed E-state index contributed by atoms with van der Waals surface area (Å²) in [4.78, 5) is 12.6. The van der Waals surface area contributed by atoms with E-state index >= 15 is 0 Å². The van der Waals surface area contributed by atoms with Crippen LogP contribution in [-0.2, 0) is 6.18 Å². The second-order valence-corrected chi connectivity index (χ2v) is 7.31. The van der Waals surface area contributed by atoms with Crippen molar-refractivity contribution in [3.63, 3.8) is 0 Å². The molecule has 0 atom stereocenters. The highest BCUT2D eigenvalue weighted by Crippen LogP contribution is 2.44. The lowest BCUT2D eigenvalue weighted by atomic mass is 10.0. The van der Waals surface area contributed by atoms with Crippen LogP contribution in [-0.4, -0.2) is 9.97 Å². The van der Waals surface area contributed by atoms with E-state index in [9.17, 15) is 22.8 Å². The Labute approximate surface area is 184 Å². The summed E-state index contributed by atoms with van der Waals surface area (Å²) >= 11 is 0. The molecule has 1 heterocycles. The first-order valence-corrected chi connectivity index (χ1v) is 9.62. The molecule has 0 bridgehead atoms. The Bertz CT molecular complexity index is 1570. The van der Waals surface area contributed by atoms with Crippen LogP contribution >= 0.6 is 0 Å². The smallest absolute Gasteiger partial charge is 0.245 e. The number of allylic oxidation sites excluding steroid dienone is 1. The van der Waals surface area contributed by atoms with E-state index in [4.69, 9.17) is 6.57 Å². The van der Waals surface area contributed by atoms with Gasteiger partial charge >= 0.3 is 6.18 Å². The number of fused-ring (bicyclic) bond motifs is 4. The molecule has 0 N–H and O–H groups in total. The van der Waals surface area contributed by atoms with Crippen molar-refractivity contribution in [1.29, 1.82) is 5.26 Å². The zero-order chi connectivity index (χ0) is 23.3. The van der Waals surface area contributed by atoms with E-state index in [1.165, 1.54) is 6.07 Å².